The van der Waals surface area contributed by atoms with Gasteiger partial charge in [-0.2, -0.15) is 0 Å². The number of anilines is 1. The van der Waals surface area contributed by atoms with Crippen molar-refractivity contribution in [1.82, 2.24) is 14.5 Å². The molecule has 2 unspecified atom stereocenters. The molecule has 2 aromatic heterocycles. The zero-order chi connectivity index (χ0) is 19.8. The minimum Gasteiger partial charge on any atom is -0.390 e. The van der Waals surface area contributed by atoms with Crippen molar-refractivity contribution in [2.45, 2.75) is 19.2 Å². The lowest BCUT2D eigenvalue weighted by atomic mass is 10.2. The van der Waals surface area contributed by atoms with Crippen molar-refractivity contribution < 1.29 is 5.11 Å². The average Bonchev–Trinajstić information content (AvgIpc) is 3.10. The largest absolute Gasteiger partial charge is 0.390 e. The fraction of sp³-hybridized carbons (Fsp3) is 0.292. The van der Waals surface area contributed by atoms with E-state index in [0.29, 0.717) is 0 Å². The Kier molecular flexibility index (Phi) is 4.70. The molecule has 5 rings (SSSR count). The molecular weight excluding hydrogens is 360 g/mol. The van der Waals surface area contributed by atoms with Crippen molar-refractivity contribution in [3.8, 4) is 0 Å². The van der Waals surface area contributed by atoms with E-state index >= 15 is 0 Å². The molecule has 1 aliphatic rings. The third-order valence-electron chi connectivity index (χ3n) is 5.98. The van der Waals surface area contributed by atoms with Crippen molar-refractivity contribution in [2.24, 2.45) is 0 Å². The van der Waals surface area contributed by atoms with E-state index in [-0.39, 0.29) is 6.17 Å². The minimum absolute atomic E-state index is 0.106. The van der Waals surface area contributed by atoms with Gasteiger partial charge in [0.15, 0.2) is 0 Å². The number of rotatable bonds is 4. The molecule has 0 bridgehead atoms. The lowest BCUT2D eigenvalue weighted by Crippen LogP contribution is -2.51. The monoisotopic (exact) mass is 386 g/mol. The van der Waals surface area contributed by atoms with Crippen molar-refractivity contribution in [1.29, 1.82) is 0 Å². The van der Waals surface area contributed by atoms with Crippen molar-refractivity contribution >= 4 is 27.6 Å². The summed E-state index contributed by atoms with van der Waals surface area (Å²) in [5, 5.41) is 13.3. The first-order valence-corrected chi connectivity index (χ1v) is 10.3. The van der Waals surface area contributed by atoms with E-state index in [1.165, 1.54) is 21.8 Å². The van der Waals surface area contributed by atoms with Gasteiger partial charge in [0.1, 0.15) is 12.0 Å². The molecule has 2 atom stereocenters. The molecule has 148 valence electrons. The number of pyridine rings is 1. The Morgan fingerprint density at radius 1 is 0.793 bits per heavy atom. The molecule has 0 amide bonds. The number of aliphatic hydroxyl groups excluding tert-OH is 1. The first-order chi connectivity index (χ1) is 14.2. The number of nitrogens with zero attached hydrogens (tertiary/aromatic N) is 4. The number of piperazine rings is 1. The number of benzene rings is 2. The third kappa shape index (κ3) is 3.16. The molecule has 0 spiro atoms. The second-order valence-electron chi connectivity index (χ2n) is 7.77. The van der Waals surface area contributed by atoms with Crippen LogP contribution < -0.4 is 4.90 Å². The summed E-state index contributed by atoms with van der Waals surface area (Å²) in [5.41, 5.74) is 2.35. The van der Waals surface area contributed by atoms with Gasteiger partial charge >= 0.3 is 0 Å². The van der Waals surface area contributed by atoms with Crippen LogP contribution in [0.1, 0.15) is 13.1 Å². The molecule has 0 saturated carbocycles. The van der Waals surface area contributed by atoms with Crippen LogP contribution in [0.15, 0.2) is 72.9 Å². The highest BCUT2D eigenvalue weighted by molar-refractivity contribution is 6.08. The number of hydrogen-bond donors (Lipinski definition) is 1. The Morgan fingerprint density at radius 2 is 1.38 bits per heavy atom. The summed E-state index contributed by atoms with van der Waals surface area (Å²) < 4.78 is 2.33. The summed E-state index contributed by atoms with van der Waals surface area (Å²) in [6.07, 6.45) is 1.25. The summed E-state index contributed by atoms with van der Waals surface area (Å²) in [6.45, 7) is 5.47. The molecule has 1 fully saturated rings. The van der Waals surface area contributed by atoms with E-state index in [0.717, 1.165) is 32.0 Å². The molecule has 2 aromatic carbocycles. The van der Waals surface area contributed by atoms with Crippen LogP contribution in [-0.4, -0.2) is 51.8 Å². The smallest absolute Gasteiger partial charge is 0.128 e. The van der Waals surface area contributed by atoms with Crippen LogP contribution in [0.2, 0.25) is 0 Å². The van der Waals surface area contributed by atoms with E-state index in [1.807, 2.05) is 25.3 Å². The Labute approximate surface area is 170 Å². The molecule has 29 heavy (non-hydrogen) atoms. The predicted molar refractivity (Wildman–Crippen MR) is 118 cm³/mol. The topological polar surface area (TPSA) is 44.5 Å². The predicted octanol–water partition coefficient (Wildman–Crippen LogP) is 3.89. The molecule has 1 aliphatic heterocycles. The quantitative estimate of drug-likeness (QED) is 0.578. The number of fused-ring (bicyclic) bond motifs is 3. The summed E-state index contributed by atoms with van der Waals surface area (Å²) in [7, 11) is 0. The molecular formula is C24H26N4O. The minimum atomic E-state index is -0.490. The van der Waals surface area contributed by atoms with Gasteiger partial charge in [0.2, 0.25) is 0 Å². The Morgan fingerprint density at radius 3 is 1.93 bits per heavy atom. The van der Waals surface area contributed by atoms with Gasteiger partial charge in [-0.25, -0.2) is 4.98 Å². The Hall–Kier alpha value is -2.89. The van der Waals surface area contributed by atoms with E-state index in [9.17, 15) is 5.11 Å². The van der Waals surface area contributed by atoms with Gasteiger partial charge in [-0.15, -0.1) is 0 Å². The van der Waals surface area contributed by atoms with Gasteiger partial charge in [0.05, 0.1) is 17.1 Å². The standard InChI is InChI=1S/C24H26N4O/c1-18(29)24(27-16-14-26(15-17-27)23-12-6-7-13-25-23)28-21-10-4-2-8-19(21)20-9-3-5-11-22(20)28/h2-13,18,24,29H,14-17H2,1H3. The fourth-order valence-corrected chi connectivity index (χ4v) is 4.68. The van der Waals surface area contributed by atoms with Gasteiger partial charge in [-0.1, -0.05) is 42.5 Å². The van der Waals surface area contributed by atoms with Gasteiger partial charge in [0.25, 0.3) is 0 Å². The number of aliphatic hydroxyl groups is 1. The first kappa shape index (κ1) is 18.2. The molecule has 0 aliphatic carbocycles. The second-order valence-corrected chi connectivity index (χ2v) is 7.77. The molecule has 5 nitrogen and oxygen atoms in total. The van der Waals surface area contributed by atoms with Gasteiger partial charge in [0, 0.05) is 43.1 Å². The molecule has 1 N–H and O–H groups in total. The van der Waals surface area contributed by atoms with Gasteiger partial charge in [-0.3, -0.25) is 4.90 Å². The average molecular weight is 386 g/mol. The van der Waals surface area contributed by atoms with Crippen LogP contribution in [0.5, 0.6) is 0 Å². The van der Waals surface area contributed by atoms with Crippen LogP contribution in [0.25, 0.3) is 21.8 Å². The van der Waals surface area contributed by atoms with Crippen molar-refractivity contribution in [2.75, 3.05) is 31.1 Å². The maximum absolute atomic E-state index is 10.8. The number of hydrogen-bond acceptors (Lipinski definition) is 4. The normalized spacial score (nSPS) is 17.7. The molecule has 3 heterocycles. The van der Waals surface area contributed by atoms with Crippen LogP contribution in [0.4, 0.5) is 5.82 Å². The maximum Gasteiger partial charge on any atom is 0.128 e. The summed E-state index contributed by atoms with van der Waals surface area (Å²) in [5.74, 6) is 1.03. The number of para-hydroxylation sites is 2. The zero-order valence-electron chi connectivity index (χ0n) is 16.6. The summed E-state index contributed by atoms with van der Waals surface area (Å²) in [4.78, 5) is 9.22. The third-order valence-corrected chi connectivity index (χ3v) is 5.98. The van der Waals surface area contributed by atoms with Gasteiger partial charge in [-0.05, 0) is 31.2 Å². The fourth-order valence-electron chi connectivity index (χ4n) is 4.68. The van der Waals surface area contributed by atoms with Crippen LogP contribution in [0.3, 0.4) is 0 Å². The lowest BCUT2D eigenvalue weighted by Gasteiger charge is -2.41. The van der Waals surface area contributed by atoms with E-state index in [2.05, 4.69) is 73.9 Å². The van der Waals surface area contributed by atoms with E-state index in [4.69, 9.17) is 0 Å². The Bertz CT molecular complexity index is 1060. The van der Waals surface area contributed by atoms with Crippen molar-refractivity contribution in [3.05, 3.63) is 72.9 Å². The number of aromatic nitrogens is 2. The molecule has 5 heteroatoms. The van der Waals surface area contributed by atoms with Gasteiger partial charge < -0.3 is 14.6 Å². The molecule has 4 aromatic rings. The van der Waals surface area contributed by atoms with Crippen LogP contribution in [-0.2, 0) is 0 Å². The molecule has 0 radical (unpaired) electrons. The molecule has 1 saturated heterocycles. The van der Waals surface area contributed by atoms with E-state index < -0.39 is 6.10 Å². The van der Waals surface area contributed by atoms with E-state index in [1.54, 1.807) is 0 Å². The summed E-state index contributed by atoms with van der Waals surface area (Å²) >= 11 is 0. The van der Waals surface area contributed by atoms with Crippen LogP contribution in [0, 0.1) is 0 Å². The highest BCUT2D eigenvalue weighted by Gasteiger charge is 2.30. The highest BCUT2D eigenvalue weighted by Crippen LogP contribution is 2.34. The summed E-state index contributed by atoms with van der Waals surface area (Å²) in [6, 6.07) is 23.0. The van der Waals surface area contributed by atoms with Crippen LogP contribution >= 0.6 is 0 Å². The Balaban J connectivity index is 1.52. The van der Waals surface area contributed by atoms with Crippen molar-refractivity contribution in [3.63, 3.8) is 0 Å². The SMILES string of the molecule is CC(O)C(N1CCN(c2ccccn2)CC1)n1c2ccccc2c2ccccc21. The maximum atomic E-state index is 10.8. The highest BCUT2D eigenvalue weighted by atomic mass is 16.3. The first-order valence-electron chi connectivity index (χ1n) is 10.3. The zero-order valence-corrected chi connectivity index (χ0v) is 16.6. The second kappa shape index (κ2) is 7.50. The lowest BCUT2D eigenvalue weighted by molar-refractivity contribution is 0.0193.